The van der Waals surface area contributed by atoms with Gasteiger partial charge in [-0.1, -0.05) is 0 Å². The molecule has 0 bridgehead atoms. The molecule has 0 aliphatic carbocycles. The Balaban J connectivity index is 2.08. The summed E-state index contributed by atoms with van der Waals surface area (Å²) < 4.78 is 2.23. The van der Waals surface area contributed by atoms with Gasteiger partial charge in [0.05, 0.1) is 0 Å². The number of nitrogens with one attached hydrogen (secondary N) is 1. The van der Waals surface area contributed by atoms with Gasteiger partial charge in [-0.25, -0.2) is 4.98 Å². The van der Waals surface area contributed by atoms with Crippen molar-refractivity contribution in [3.8, 4) is 0 Å². The van der Waals surface area contributed by atoms with E-state index in [2.05, 4.69) is 46.7 Å². The van der Waals surface area contributed by atoms with Crippen LogP contribution in [0, 0.1) is 5.92 Å². The van der Waals surface area contributed by atoms with E-state index >= 15 is 0 Å². The maximum absolute atomic E-state index is 4.54. The topological polar surface area (TPSA) is 33.1 Å². The van der Waals surface area contributed by atoms with Gasteiger partial charge < -0.3 is 14.8 Å². The second-order valence-corrected chi connectivity index (χ2v) is 5.47. The lowest BCUT2D eigenvalue weighted by Gasteiger charge is -2.33. The maximum atomic E-state index is 4.54. The van der Waals surface area contributed by atoms with E-state index < -0.39 is 0 Å². The van der Waals surface area contributed by atoms with Crippen molar-refractivity contribution in [1.82, 2.24) is 14.9 Å². The number of anilines is 1. The number of piperidine rings is 1. The lowest BCUT2D eigenvalue weighted by atomic mass is 9.99. The molecule has 0 saturated carbocycles. The first kappa shape index (κ1) is 13.4. The molecule has 1 aromatic rings. The number of rotatable bonds is 5. The molecule has 1 unspecified atom stereocenters. The molecule has 1 fully saturated rings. The van der Waals surface area contributed by atoms with E-state index in [-0.39, 0.29) is 0 Å². The Morgan fingerprint density at radius 1 is 1.56 bits per heavy atom. The van der Waals surface area contributed by atoms with Gasteiger partial charge in [0.25, 0.3) is 0 Å². The molecule has 1 saturated heterocycles. The van der Waals surface area contributed by atoms with Crippen LogP contribution in [-0.2, 0) is 6.54 Å². The molecule has 1 N–H and O–H groups in total. The Bertz CT molecular complexity index is 352. The fourth-order valence-corrected chi connectivity index (χ4v) is 2.69. The number of aryl methyl sites for hydroxylation is 1. The number of imidazole rings is 1. The van der Waals surface area contributed by atoms with Gasteiger partial charge in [-0.3, -0.25) is 0 Å². The Hall–Kier alpha value is -1.03. The molecule has 1 aromatic heterocycles. The van der Waals surface area contributed by atoms with Crippen LogP contribution in [0.4, 0.5) is 5.95 Å². The molecule has 4 nitrogen and oxygen atoms in total. The lowest BCUT2D eigenvalue weighted by Crippen LogP contribution is -2.42. The summed E-state index contributed by atoms with van der Waals surface area (Å²) in [4.78, 5) is 6.99. The summed E-state index contributed by atoms with van der Waals surface area (Å²) in [6, 6.07) is 0.500. The molecule has 1 aliphatic rings. The first-order chi connectivity index (χ1) is 8.72. The molecule has 0 spiro atoms. The molecule has 1 atom stereocenters. The molecule has 102 valence electrons. The van der Waals surface area contributed by atoms with Crippen LogP contribution in [0.5, 0.6) is 0 Å². The van der Waals surface area contributed by atoms with Crippen molar-refractivity contribution in [3.05, 3.63) is 12.4 Å². The highest BCUT2D eigenvalue weighted by Crippen LogP contribution is 2.19. The standard InChI is InChI=1S/C14H26N4/c1-4-17-9-8-16-14(17)18(12(2)3)11-13-6-5-7-15-10-13/h8-9,12-13,15H,4-7,10-11H2,1-3H3. The summed E-state index contributed by atoms with van der Waals surface area (Å²) >= 11 is 0. The number of nitrogens with zero attached hydrogens (tertiary/aromatic N) is 3. The molecular formula is C14H26N4. The van der Waals surface area contributed by atoms with Crippen LogP contribution in [0.15, 0.2) is 12.4 Å². The van der Waals surface area contributed by atoms with Crippen molar-refractivity contribution < 1.29 is 0 Å². The van der Waals surface area contributed by atoms with Crippen molar-refractivity contribution >= 4 is 5.95 Å². The van der Waals surface area contributed by atoms with Crippen LogP contribution in [0.3, 0.4) is 0 Å². The zero-order valence-electron chi connectivity index (χ0n) is 11.9. The van der Waals surface area contributed by atoms with Crippen LogP contribution in [0.2, 0.25) is 0 Å². The normalized spacial score (nSPS) is 20.3. The van der Waals surface area contributed by atoms with Crippen LogP contribution < -0.4 is 10.2 Å². The molecule has 0 radical (unpaired) electrons. The third-order valence-corrected chi connectivity index (χ3v) is 3.77. The van der Waals surface area contributed by atoms with E-state index in [9.17, 15) is 0 Å². The Morgan fingerprint density at radius 3 is 3.00 bits per heavy atom. The van der Waals surface area contributed by atoms with Gasteiger partial charge in [-0.2, -0.15) is 0 Å². The van der Waals surface area contributed by atoms with Gasteiger partial charge >= 0.3 is 0 Å². The SMILES string of the molecule is CCn1ccnc1N(CC1CCCNC1)C(C)C. The van der Waals surface area contributed by atoms with Crippen molar-refractivity contribution in [1.29, 1.82) is 0 Å². The van der Waals surface area contributed by atoms with Crippen molar-refractivity contribution in [2.45, 2.75) is 46.2 Å². The largest absolute Gasteiger partial charge is 0.340 e. The van der Waals surface area contributed by atoms with Crippen LogP contribution in [0.25, 0.3) is 0 Å². The van der Waals surface area contributed by atoms with E-state index in [1.54, 1.807) is 0 Å². The summed E-state index contributed by atoms with van der Waals surface area (Å²) in [6.07, 6.45) is 6.62. The van der Waals surface area contributed by atoms with Gasteiger partial charge in [0.1, 0.15) is 0 Å². The summed E-state index contributed by atoms with van der Waals surface area (Å²) in [6.45, 7) is 11.1. The second-order valence-electron chi connectivity index (χ2n) is 5.47. The molecule has 0 amide bonds. The third-order valence-electron chi connectivity index (χ3n) is 3.77. The fraction of sp³-hybridized carbons (Fsp3) is 0.786. The van der Waals surface area contributed by atoms with Gasteiger partial charge in [0.2, 0.25) is 5.95 Å². The average molecular weight is 250 g/mol. The minimum Gasteiger partial charge on any atom is -0.340 e. The van der Waals surface area contributed by atoms with E-state index in [0.29, 0.717) is 6.04 Å². The lowest BCUT2D eigenvalue weighted by molar-refractivity contribution is 0.368. The maximum Gasteiger partial charge on any atom is 0.205 e. The van der Waals surface area contributed by atoms with Crippen molar-refractivity contribution in [2.75, 3.05) is 24.5 Å². The smallest absolute Gasteiger partial charge is 0.205 e. The minimum atomic E-state index is 0.500. The summed E-state index contributed by atoms with van der Waals surface area (Å²) in [7, 11) is 0. The number of aromatic nitrogens is 2. The monoisotopic (exact) mass is 250 g/mol. The summed E-state index contributed by atoms with van der Waals surface area (Å²) in [5.74, 6) is 1.88. The zero-order valence-corrected chi connectivity index (χ0v) is 11.9. The molecule has 2 rings (SSSR count). The molecule has 0 aromatic carbocycles. The number of hydrogen-bond donors (Lipinski definition) is 1. The summed E-state index contributed by atoms with van der Waals surface area (Å²) in [5, 5.41) is 3.50. The van der Waals surface area contributed by atoms with Crippen LogP contribution >= 0.6 is 0 Å². The zero-order chi connectivity index (χ0) is 13.0. The number of hydrogen-bond acceptors (Lipinski definition) is 3. The first-order valence-corrected chi connectivity index (χ1v) is 7.20. The quantitative estimate of drug-likeness (QED) is 0.869. The Kier molecular flexibility index (Phi) is 4.64. The highest BCUT2D eigenvalue weighted by molar-refractivity contribution is 5.32. The Labute approximate surface area is 110 Å². The van der Waals surface area contributed by atoms with Crippen molar-refractivity contribution in [2.24, 2.45) is 5.92 Å². The van der Waals surface area contributed by atoms with Gasteiger partial charge in [-0.15, -0.1) is 0 Å². The fourth-order valence-electron chi connectivity index (χ4n) is 2.69. The van der Waals surface area contributed by atoms with E-state index in [1.165, 1.54) is 19.4 Å². The molecule has 4 heteroatoms. The van der Waals surface area contributed by atoms with Crippen LogP contribution in [0.1, 0.15) is 33.6 Å². The highest BCUT2D eigenvalue weighted by atomic mass is 15.3. The van der Waals surface area contributed by atoms with E-state index in [0.717, 1.165) is 31.5 Å². The van der Waals surface area contributed by atoms with E-state index in [4.69, 9.17) is 0 Å². The van der Waals surface area contributed by atoms with E-state index in [1.807, 2.05) is 6.20 Å². The Morgan fingerprint density at radius 2 is 2.39 bits per heavy atom. The molecule has 2 heterocycles. The molecule has 1 aliphatic heterocycles. The first-order valence-electron chi connectivity index (χ1n) is 7.20. The highest BCUT2D eigenvalue weighted by Gasteiger charge is 2.21. The molecular weight excluding hydrogens is 224 g/mol. The van der Waals surface area contributed by atoms with Gasteiger partial charge in [-0.05, 0) is 52.6 Å². The van der Waals surface area contributed by atoms with Gasteiger partial charge in [0.15, 0.2) is 0 Å². The van der Waals surface area contributed by atoms with Crippen LogP contribution in [-0.4, -0.2) is 35.2 Å². The average Bonchev–Trinajstić information content (AvgIpc) is 2.84. The predicted octanol–water partition coefficient (Wildman–Crippen LogP) is 2.12. The summed E-state index contributed by atoms with van der Waals surface area (Å²) in [5.41, 5.74) is 0. The third kappa shape index (κ3) is 3.05. The van der Waals surface area contributed by atoms with Crippen molar-refractivity contribution in [3.63, 3.8) is 0 Å². The minimum absolute atomic E-state index is 0.500. The predicted molar refractivity (Wildman–Crippen MR) is 76.0 cm³/mol. The second kappa shape index (κ2) is 6.23. The molecule has 18 heavy (non-hydrogen) atoms. The van der Waals surface area contributed by atoms with Gasteiger partial charge in [0, 0.05) is 31.5 Å².